The average Bonchev–Trinajstić information content (AvgIpc) is 3.27. The fourth-order valence-corrected chi connectivity index (χ4v) is 8.62. The molecule has 6 nitrogen and oxygen atoms in total. The standard InChI is InChI=1S/C56H108O6/c1-4-7-10-13-16-19-22-25-27-28-30-32-35-38-41-44-47-50-56(59)62-53(51-60-54(57)48-45-42-39-36-33-24-21-18-15-12-9-6-3)52-61-55(58)49-46-43-40-37-34-31-29-26-23-20-17-14-11-8-5-2/h53H,4-52H2,1-3H3/t53-/m1/s1. The number of esters is 3. The molecule has 0 bridgehead atoms. The summed E-state index contributed by atoms with van der Waals surface area (Å²) in [6.45, 7) is 6.70. The lowest BCUT2D eigenvalue weighted by Crippen LogP contribution is -2.30. The van der Waals surface area contributed by atoms with Gasteiger partial charge in [0.2, 0.25) is 0 Å². The van der Waals surface area contributed by atoms with Gasteiger partial charge in [-0.2, -0.15) is 0 Å². The van der Waals surface area contributed by atoms with Crippen LogP contribution in [0.1, 0.15) is 323 Å². The molecule has 6 heteroatoms. The predicted molar refractivity (Wildman–Crippen MR) is 266 cm³/mol. The summed E-state index contributed by atoms with van der Waals surface area (Å²) in [7, 11) is 0. The zero-order valence-corrected chi connectivity index (χ0v) is 42.2. The first-order valence-electron chi connectivity index (χ1n) is 28.0. The van der Waals surface area contributed by atoms with Gasteiger partial charge in [0.1, 0.15) is 13.2 Å². The van der Waals surface area contributed by atoms with Crippen molar-refractivity contribution < 1.29 is 28.6 Å². The molecule has 0 spiro atoms. The molecule has 0 aromatic heterocycles. The number of ether oxygens (including phenoxy) is 3. The minimum Gasteiger partial charge on any atom is -0.462 e. The Morgan fingerprint density at radius 1 is 0.258 bits per heavy atom. The lowest BCUT2D eigenvalue weighted by Gasteiger charge is -2.18. The molecule has 0 aliphatic heterocycles. The number of hydrogen-bond acceptors (Lipinski definition) is 6. The minimum absolute atomic E-state index is 0.0613. The van der Waals surface area contributed by atoms with Gasteiger partial charge in [-0.3, -0.25) is 14.4 Å². The third-order valence-corrected chi connectivity index (χ3v) is 12.9. The van der Waals surface area contributed by atoms with Crippen LogP contribution in [0.25, 0.3) is 0 Å². The smallest absolute Gasteiger partial charge is 0.306 e. The lowest BCUT2D eigenvalue weighted by molar-refractivity contribution is -0.167. The van der Waals surface area contributed by atoms with Gasteiger partial charge in [0.05, 0.1) is 0 Å². The van der Waals surface area contributed by atoms with Gasteiger partial charge < -0.3 is 14.2 Å². The van der Waals surface area contributed by atoms with Gasteiger partial charge in [-0.25, -0.2) is 0 Å². The van der Waals surface area contributed by atoms with Crippen molar-refractivity contribution in [2.75, 3.05) is 13.2 Å². The summed E-state index contributed by atoms with van der Waals surface area (Å²) in [6.07, 6.45) is 56.6. The van der Waals surface area contributed by atoms with Crippen LogP contribution in [0.15, 0.2) is 0 Å². The second kappa shape index (κ2) is 52.0. The third-order valence-electron chi connectivity index (χ3n) is 12.9. The summed E-state index contributed by atoms with van der Waals surface area (Å²) < 4.78 is 16.9. The van der Waals surface area contributed by atoms with E-state index in [2.05, 4.69) is 20.8 Å². The zero-order chi connectivity index (χ0) is 45.1. The second-order valence-corrected chi connectivity index (χ2v) is 19.2. The van der Waals surface area contributed by atoms with E-state index in [4.69, 9.17) is 14.2 Å². The van der Waals surface area contributed by atoms with Gasteiger partial charge in [-0.1, -0.05) is 284 Å². The molecule has 0 radical (unpaired) electrons. The maximum absolute atomic E-state index is 12.8. The Kier molecular flexibility index (Phi) is 50.7. The third kappa shape index (κ3) is 49.4. The van der Waals surface area contributed by atoms with Gasteiger partial charge in [0.25, 0.3) is 0 Å². The summed E-state index contributed by atoms with van der Waals surface area (Å²) in [5.41, 5.74) is 0. The molecule has 0 unspecified atom stereocenters. The highest BCUT2D eigenvalue weighted by Crippen LogP contribution is 2.17. The number of unbranched alkanes of at least 4 members (excludes halogenated alkanes) is 41. The average molecular weight is 877 g/mol. The van der Waals surface area contributed by atoms with Crippen LogP contribution in [-0.2, 0) is 28.6 Å². The summed E-state index contributed by atoms with van der Waals surface area (Å²) in [4.78, 5) is 38.0. The topological polar surface area (TPSA) is 78.9 Å². The van der Waals surface area contributed by atoms with Crippen molar-refractivity contribution in [3.05, 3.63) is 0 Å². The predicted octanol–water partition coefficient (Wildman–Crippen LogP) is 18.4. The van der Waals surface area contributed by atoms with Gasteiger partial charge in [0, 0.05) is 19.3 Å². The fourth-order valence-electron chi connectivity index (χ4n) is 8.62. The van der Waals surface area contributed by atoms with Crippen molar-refractivity contribution >= 4 is 17.9 Å². The highest BCUT2D eigenvalue weighted by Gasteiger charge is 2.19. The maximum Gasteiger partial charge on any atom is 0.306 e. The van der Waals surface area contributed by atoms with Gasteiger partial charge >= 0.3 is 17.9 Å². The van der Waals surface area contributed by atoms with Crippen molar-refractivity contribution in [3.63, 3.8) is 0 Å². The van der Waals surface area contributed by atoms with Gasteiger partial charge in [0.15, 0.2) is 6.10 Å². The van der Waals surface area contributed by atoms with Crippen molar-refractivity contribution in [2.24, 2.45) is 0 Å². The van der Waals surface area contributed by atoms with Crippen molar-refractivity contribution in [3.8, 4) is 0 Å². The number of hydrogen-bond donors (Lipinski definition) is 0. The van der Waals surface area contributed by atoms with E-state index in [1.165, 1.54) is 225 Å². The van der Waals surface area contributed by atoms with E-state index in [9.17, 15) is 14.4 Å². The minimum atomic E-state index is -0.760. The molecule has 0 saturated heterocycles. The Morgan fingerprint density at radius 2 is 0.435 bits per heavy atom. The van der Waals surface area contributed by atoms with Crippen molar-refractivity contribution in [1.29, 1.82) is 0 Å². The first-order valence-corrected chi connectivity index (χ1v) is 28.0. The Hall–Kier alpha value is -1.59. The Bertz CT molecular complexity index is 920. The van der Waals surface area contributed by atoms with Crippen LogP contribution in [0.2, 0.25) is 0 Å². The summed E-state index contributed by atoms with van der Waals surface area (Å²) in [5, 5.41) is 0. The molecular weight excluding hydrogens is 769 g/mol. The first-order chi connectivity index (χ1) is 30.5. The molecular formula is C56H108O6. The SMILES string of the molecule is CCCCCCCCCCCCCCCCCCCC(=O)O[C@H](COC(=O)CCCCCCCCCCCCCC)COC(=O)CCCCCCCCCCCCCCCCC. The molecule has 0 heterocycles. The number of carbonyl (C=O) groups excluding carboxylic acids is 3. The largest absolute Gasteiger partial charge is 0.462 e. The van der Waals surface area contributed by atoms with Gasteiger partial charge in [-0.05, 0) is 19.3 Å². The molecule has 0 fully saturated rings. The zero-order valence-electron chi connectivity index (χ0n) is 42.2. The monoisotopic (exact) mass is 877 g/mol. The van der Waals surface area contributed by atoms with Crippen LogP contribution in [0, 0.1) is 0 Å². The summed E-state index contributed by atoms with van der Waals surface area (Å²) >= 11 is 0. The van der Waals surface area contributed by atoms with Crippen LogP contribution < -0.4 is 0 Å². The maximum atomic E-state index is 12.8. The summed E-state index contributed by atoms with van der Waals surface area (Å²) in [5.74, 6) is -0.835. The Labute approximate surface area is 387 Å². The molecule has 62 heavy (non-hydrogen) atoms. The van der Waals surface area contributed by atoms with E-state index >= 15 is 0 Å². The molecule has 0 saturated carbocycles. The first kappa shape index (κ1) is 60.4. The normalized spacial score (nSPS) is 11.9. The number of carbonyl (C=O) groups is 3. The van der Waals surface area contributed by atoms with Crippen molar-refractivity contribution in [1.82, 2.24) is 0 Å². The van der Waals surface area contributed by atoms with Gasteiger partial charge in [-0.15, -0.1) is 0 Å². The summed E-state index contributed by atoms with van der Waals surface area (Å²) in [6, 6.07) is 0. The van der Waals surface area contributed by atoms with Crippen LogP contribution >= 0.6 is 0 Å². The van der Waals surface area contributed by atoms with E-state index in [1.807, 2.05) is 0 Å². The Balaban J connectivity index is 4.28. The molecule has 0 N–H and O–H groups in total. The molecule has 0 aromatic carbocycles. The van der Waals surface area contributed by atoms with Crippen LogP contribution in [0.3, 0.4) is 0 Å². The fraction of sp³-hybridized carbons (Fsp3) is 0.946. The quantitative estimate of drug-likeness (QED) is 0.0344. The Morgan fingerprint density at radius 3 is 0.645 bits per heavy atom. The van der Waals surface area contributed by atoms with Crippen molar-refractivity contribution in [2.45, 2.75) is 329 Å². The molecule has 0 amide bonds. The lowest BCUT2D eigenvalue weighted by atomic mass is 10.0. The van der Waals surface area contributed by atoms with E-state index in [-0.39, 0.29) is 31.1 Å². The van der Waals surface area contributed by atoms with Crippen LogP contribution in [0.5, 0.6) is 0 Å². The molecule has 368 valence electrons. The van der Waals surface area contributed by atoms with E-state index < -0.39 is 6.10 Å². The molecule has 0 aliphatic rings. The molecule has 0 aliphatic carbocycles. The molecule has 1 atom stereocenters. The molecule has 0 aromatic rings. The second-order valence-electron chi connectivity index (χ2n) is 19.2. The molecule has 0 rings (SSSR count). The number of rotatable bonds is 52. The van der Waals surface area contributed by atoms with E-state index in [1.54, 1.807) is 0 Å². The van der Waals surface area contributed by atoms with E-state index in [0.29, 0.717) is 19.3 Å². The highest BCUT2D eigenvalue weighted by atomic mass is 16.6. The highest BCUT2D eigenvalue weighted by molar-refractivity contribution is 5.71. The van der Waals surface area contributed by atoms with Crippen LogP contribution in [-0.4, -0.2) is 37.2 Å². The van der Waals surface area contributed by atoms with E-state index in [0.717, 1.165) is 57.8 Å². The van der Waals surface area contributed by atoms with Crippen LogP contribution in [0.4, 0.5) is 0 Å².